The summed E-state index contributed by atoms with van der Waals surface area (Å²) in [6, 6.07) is 0. The molecule has 4 rings (SSSR count). The van der Waals surface area contributed by atoms with Crippen LogP contribution in [0.5, 0.6) is 0 Å². The number of imidazole rings is 1. The van der Waals surface area contributed by atoms with Gasteiger partial charge in [0.1, 0.15) is 5.69 Å². The molecule has 0 aliphatic carbocycles. The average molecular weight is 351 g/mol. The first-order chi connectivity index (χ1) is 12.6. The summed E-state index contributed by atoms with van der Waals surface area (Å²) >= 11 is 0. The van der Waals surface area contributed by atoms with Gasteiger partial charge in [-0.2, -0.15) is 5.10 Å². The molecule has 8 nitrogen and oxygen atoms in total. The summed E-state index contributed by atoms with van der Waals surface area (Å²) in [4.78, 5) is 27.7. The minimum Gasteiger partial charge on any atom is -0.338 e. The first kappa shape index (κ1) is 16.4. The number of nitrogens with zero attached hydrogens (tertiary/aromatic N) is 7. The van der Waals surface area contributed by atoms with Crippen LogP contribution in [0.15, 0.2) is 37.2 Å². The minimum atomic E-state index is 0.0526. The zero-order chi connectivity index (χ0) is 18.1. The van der Waals surface area contributed by atoms with E-state index in [1.807, 2.05) is 36.0 Å². The number of carbonyl (C=O) groups excluding carboxylic acids is 1. The van der Waals surface area contributed by atoms with E-state index in [-0.39, 0.29) is 5.91 Å². The van der Waals surface area contributed by atoms with Gasteiger partial charge in [-0.1, -0.05) is 0 Å². The number of hydrogen-bond donors (Lipinski definition) is 0. The second-order valence-electron chi connectivity index (χ2n) is 6.77. The monoisotopic (exact) mass is 351 g/mol. The zero-order valence-electron chi connectivity index (χ0n) is 14.9. The highest BCUT2D eigenvalue weighted by molar-refractivity contribution is 5.93. The normalized spacial score (nSPS) is 17.0. The van der Waals surface area contributed by atoms with Crippen molar-refractivity contribution in [2.45, 2.75) is 12.8 Å². The van der Waals surface area contributed by atoms with E-state index in [1.54, 1.807) is 29.5 Å². The van der Waals surface area contributed by atoms with Crippen molar-refractivity contribution in [3.63, 3.8) is 0 Å². The summed E-state index contributed by atoms with van der Waals surface area (Å²) < 4.78 is 3.57. The maximum atomic E-state index is 12.5. The van der Waals surface area contributed by atoms with Crippen LogP contribution < -0.4 is 0 Å². The predicted octanol–water partition coefficient (Wildman–Crippen LogP) is 1.32. The number of aryl methyl sites for hydroxylation is 2. The number of rotatable bonds is 4. The van der Waals surface area contributed by atoms with Crippen molar-refractivity contribution in [2.24, 2.45) is 20.0 Å². The Bertz CT molecular complexity index is 912. The Kier molecular flexibility index (Phi) is 4.24. The minimum absolute atomic E-state index is 0.0526. The Labute approximate surface area is 151 Å². The fraction of sp³-hybridized carbons (Fsp3) is 0.389. The number of amides is 1. The highest BCUT2D eigenvalue weighted by atomic mass is 16.2. The van der Waals surface area contributed by atoms with Gasteiger partial charge in [0.15, 0.2) is 5.82 Å². The largest absolute Gasteiger partial charge is 0.338 e. The molecule has 0 saturated carbocycles. The van der Waals surface area contributed by atoms with Crippen LogP contribution in [0.2, 0.25) is 0 Å². The van der Waals surface area contributed by atoms with Crippen molar-refractivity contribution in [1.82, 2.24) is 34.2 Å². The van der Waals surface area contributed by atoms with Gasteiger partial charge in [0, 0.05) is 52.0 Å². The number of aromatic nitrogens is 6. The molecule has 3 aromatic heterocycles. The maximum absolute atomic E-state index is 12.5. The van der Waals surface area contributed by atoms with Crippen LogP contribution in [0.1, 0.15) is 22.5 Å². The molecule has 26 heavy (non-hydrogen) atoms. The van der Waals surface area contributed by atoms with Crippen LogP contribution in [0.3, 0.4) is 0 Å². The summed E-state index contributed by atoms with van der Waals surface area (Å²) in [6.45, 7) is 1.52. The van der Waals surface area contributed by atoms with Crippen molar-refractivity contribution in [3.05, 3.63) is 48.4 Å². The van der Waals surface area contributed by atoms with Crippen LogP contribution in [0, 0.1) is 5.92 Å². The Hall–Kier alpha value is -3.03. The van der Waals surface area contributed by atoms with Gasteiger partial charge in [0.2, 0.25) is 0 Å². The highest BCUT2D eigenvalue weighted by Gasteiger charge is 2.28. The molecule has 1 saturated heterocycles. The lowest BCUT2D eigenvalue weighted by atomic mass is 10.0. The van der Waals surface area contributed by atoms with E-state index >= 15 is 0 Å². The molecule has 0 radical (unpaired) electrons. The smallest absolute Gasteiger partial charge is 0.257 e. The van der Waals surface area contributed by atoms with Crippen molar-refractivity contribution >= 4 is 5.91 Å². The molecule has 0 aromatic carbocycles. The topological polar surface area (TPSA) is 81.7 Å². The second kappa shape index (κ2) is 6.70. The van der Waals surface area contributed by atoms with Gasteiger partial charge in [-0.25, -0.2) is 9.97 Å². The average Bonchev–Trinajstić information content (AvgIpc) is 3.37. The van der Waals surface area contributed by atoms with E-state index < -0.39 is 0 Å². The standard InChI is InChI=1S/C18H21N7O/c1-23-6-4-19-17(23)16-10-20-15(9-21-16)7-13-3-5-25(11-13)18(26)14-8-22-24(2)12-14/h4,6,8-10,12-13H,3,5,7,11H2,1-2H3/t13-/m1/s1. The molecule has 1 amide bonds. The Balaban J connectivity index is 1.38. The molecule has 1 aliphatic heterocycles. The summed E-state index contributed by atoms with van der Waals surface area (Å²) in [6.07, 6.45) is 12.4. The predicted molar refractivity (Wildman–Crippen MR) is 95.2 cm³/mol. The quantitative estimate of drug-likeness (QED) is 0.708. The van der Waals surface area contributed by atoms with Crippen molar-refractivity contribution in [1.29, 1.82) is 0 Å². The molecule has 134 valence electrons. The molecule has 1 aliphatic rings. The van der Waals surface area contributed by atoms with Gasteiger partial charge < -0.3 is 9.47 Å². The van der Waals surface area contributed by atoms with Gasteiger partial charge in [-0.3, -0.25) is 14.5 Å². The Morgan fingerprint density at radius 2 is 2.08 bits per heavy atom. The van der Waals surface area contributed by atoms with Crippen LogP contribution in [-0.2, 0) is 20.5 Å². The van der Waals surface area contributed by atoms with Gasteiger partial charge in [-0.15, -0.1) is 0 Å². The maximum Gasteiger partial charge on any atom is 0.257 e. The molecule has 0 N–H and O–H groups in total. The summed E-state index contributed by atoms with van der Waals surface area (Å²) in [5, 5.41) is 4.08. The summed E-state index contributed by atoms with van der Waals surface area (Å²) in [5.74, 6) is 1.26. The van der Waals surface area contributed by atoms with Gasteiger partial charge in [-0.05, 0) is 18.8 Å². The van der Waals surface area contributed by atoms with Gasteiger partial charge >= 0.3 is 0 Å². The molecule has 4 heterocycles. The van der Waals surface area contributed by atoms with E-state index in [1.165, 1.54) is 0 Å². The Morgan fingerprint density at radius 3 is 2.73 bits per heavy atom. The molecule has 8 heteroatoms. The van der Waals surface area contributed by atoms with Crippen LogP contribution >= 0.6 is 0 Å². The zero-order valence-corrected chi connectivity index (χ0v) is 14.9. The number of hydrogen-bond acceptors (Lipinski definition) is 5. The SMILES string of the molecule is Cn1cc(C(=O)N2CC[C@H](Cc3cnc(-c4nccn4C)cn3)C2)cn1. The van der Waals surface area contributed by atoms with E-state index in [0.29, 0.717) is 11.5 Å². The van der Waals surface area contributed by atoms with Crippen molar-refractivity contribution < 1.29 is 4.79 Å². The molecular weight excluding hydrogens is 330 g/mol. The van der Waals surface area contributed by atoms with Gasteiger partial charge in [0.25, 0.3) is 5.91 Å². The van der Waals surface area contributed by atoms with E-state index in [4.69, 9.17) is 0 Å². The molecule has 3 aromatic rings. The lowest BCUT2D eigenvalue weighted by Gasteiger charge is -2.15. The molecule has 0 bridgehead atoms. The lowest BCUT2D eigenvalue weighted by molar-refractivity contribution is 0.0787. The van der Waals surface area contributed by atoms with Crippen molar-refractivity contribution in [3.8, 4) is 11.5 Å². The highest BCUT2D eigenvalue weighted by Crippen LogP contribution is 2.22. The number of likely N-dealkylation sites (tertiary alicyclic amines) is 1. The Morgan fingerprint density at radius 1 is 1.19 bits per heavy atom. The molecule has 0 spiro atoms. The summed E-state index contributed by atoms with van der Waals surface area (Å²) in [5.41, 5.74) is 2.36. The first-order valence-corrected chi connectivity index (χ1v) is 8.66. The van der Waals surface area contributed by atoms with E-state index in [0.717, 1.165) is 43.1 Å². The van der Waals surface area contributed by atoms with Crippen LogP contribution in [0.4, 0.5) is 0 Å². The molecular formula is C18H21N7O. The molecule has 0 unspecified atom stereocenters. The number of carbonyl (C=O) groups is 1. The van der Waals surface area contributed by atoms with Crippen molar-refractivity contribution in [2.75, 3.05) is 13.1 Å². The van der Waals surface area contributed by atoms with Gasteiger partial charge in [0.05, 0.1) is 23.7 Å². The van der Waals surface area contributed by atoms with Crippen LogP contribution in [0.25, 0.3) is 11.5 Å². The molecule has 1 atom stereocenters. The van der Waals surface area contributed by atoms with E-state index in [2.05, 4.69) is 20.1 Å². The first-order valence-electron chi connectivity index (χ1n) is 8.66. The fourth-order valence-corrected chi connectivity index (χ4v) is 3.38. The third-order valence-corrected chi connectivity index (χ3v) is 4.78. The van der Waals surface area contributed by atoms with Crippen LogP contribution in [-0.4, -0.2) is 53.2 Å². The third kappa shape index (κ3) is 3.22. The third-order valence-electron chi connectivity index (χ3n) is 4.78. The second-order valence-corrected chi connectivity index (χ2v) is 6.77. The summed E-state index contributed by atoms with van der Waals surface area (Å²) in [7, 11) is 3.75. The van der Waals surface area contributed by atoms with E-state index in [9.17, 15) is 4.79 Å². The lowest BCUT2D eigenvalue weighted by Crippen LogP contribution is -2.28. The molecule has 1 fully saturated rings. The fourth-order valence-electron chi connectivity index (χ4n) is 3.38.